The number of hydrogen-bond acceptors (Lipinski definition) is 4. The summed E-state index contributed by atoms with van der Waals surface area (Å²) < 4.78 is 2.12. The number of aromatic nitrogens is 3. The minimum Gasteiger partial charge on any atom is -0.388 e. The molecule has 21 heavy (non-hydrogen) atoms. The van der Waals surface area contributed by atoms with Gasteiger partial charge in [0.15, 0.2) is 5.82 Å². The normalized spacial score (nSPS) is 20.0. The molecule has 116 valence electrons. The van der Waals surface area contributed by atoms with Crippen LogP contribution < -0.4 is 10.6 Å². The molecular weight excluding hydrogens is 270 g/mol. The van der Waals surface area contributed by atoms with Crippen LogP contribution >= 0.6 is 0 Å². The van der Waals surface area contributed by atoms with Crippen molar-refractivity contribution in [1.82, 2.24) is 25.4 Å². The molecule has 3 N–H and O–H groups in total. The topological polar surface area (TPSA) is 92.1 Å². The van der Waals surface area contributed by atoms with Gasteiger partial charge in [-0.2, -0.15) is 0 Å². The average Bonchev–Trinajstić information content (AvgIpc) is 2.68. The summed E-state index contributed by atoms with van der Waals surface area (Å²) >= 11 is 0. The maximum Gasteiger partial charge on any atom is 0.315 e. The smallest absolute Gasteiger partial charge is 0.315 e. The predicted molar refractivity (Wildman–Crippen MR) is 76.6 cm³/mol. The second-order valence-electron chi connectivity index (χ2n) is 6.11. The van der Waals surface area contributed by atoms with Crippen molar-refractivity contribution in [3.05, 3.63) is 11.6 Å². The van der Waals surface area contributed by atoms with E-state index in [2.05, 4.69) is 25.4 Å². The molecule has 1 aliphatic heterocycles. The zero-order chi connectivity index (χ0) is 14.7. The Hall–Kier alpha value is -1.63. The van der Waals surface area contributed by atoms with Gasteiger partial charge in [0.2, 0.25) is 0 Å². The third-order valence-corrected chi connectivity index (χ3v) is 4.46. The SMILES string of the molecule is O=C(NCc1nnc2n1CCCCC2)NCC1(O)CCC1. The molecule has 1 aromatic rings. The highest BCUT2D eigenvalue weighted by Gasteiger charge is 2.34. The van der Waals surface area contributed by atoms with Gasteiger partial charge in [-0.15, -0.1) is 10.2 Å². The molecule has 0 radical (unpaired) electrons. The summed E-state index contributed by atoms with van der Waals surface area (Å²) in [5.41, 5.74) is -0.691. The van der Waals surface area contributed by atoms with Crippen molar-refractivity contribution < 1.29 is 9.90 Å². The molecule has 0 saturated heterocycles. The van der Waals surface area contributed by atoms with Gasteiger partial charge in [0.1, 0.15) is 5.82 Å². The van der Waals surface area contributed by atoms with E-state index < -0.39 is 5.60 Å². The maximum absolute atomic E-state index is 11.8. The van der Waals surface area contributed by atoms with Crippen LogP contribution in [0, 0.1) is 0 Å². The number of urea groups is 1. The van der Waals surface area contributed by atoms with Crippen LogP contribution in [0.15, 0.2) is 0 Å². The second-order valence-corrected chi connectivity index (χ2v) is 6.11. The average molecular weight is 293 g/mol. The molecule has 1 aromatic heterocycles. The van der Waals surface area contributed by atoms with Crippen molar-refractivity contribution >= 4 is 6.03 Å². The summed E-state index contributed by atoms with van der Waals surface area (Å²) in [6.45, 7) is 1.62. The van der Waals surface area contributed by atoms with Crippen molar-refractivity contribution in [2.45, 2.75) is 63.6 Å². The Kier molecular flexibility index (Phi) is 4.10. The monoisotopic (exact) mass is 293 g/mol. The van der Waals surface area contributed by atoms with Gasteiger partial charge in [0.25, 0.3) is 0 Å². The molecule has 3 rings (SSSR count). The fourth-order valence-corrected chi connectivity index (χ4v) is 2.90. The number of nitrogens with one attached hydrogen (secondary N) is 2. The first-order valence-electron chi connectivity index (χ1n) is 7.81. The standard InChI is InChI=1S/C14H23N5O2/c20-13(16-10-14(21)6-4-7-14)15-9-12-18-17-11-5-2-1-3-8-19(11)12/h21H,1-10H2,(H2,15,16,20). The molecule has 0 bridgehead atoms. The van der Waals surface area contributed by atoms with E-state index in [1.54, 1.807) is 0 Å². The number of carbonyl (C=O) groups is 1. The molecule has 2 heterocycles. The fraction of sp³-hybridized carbons (Fsp3) is 0.786. The molecule has 1 fully saturated rings. The van der Waals surface area contributed by atoms with Crippen LogP contribution in [0.3, 0.4) is 0 Å². The lowest BCUT2D eigenvalue weighted by Crippen LogP contribution is -2.50. The molecular formula is C14H23N5O2. The van der Waals surface area contributed by atoms with E-state index in [9.17, 15) is 9.90 Å². The number of carbonyl (C=O) groups excluding carboxylic acids is 1. The highest BCUT2D eigenvalue weighted by atomic mass is 16.3. The van der Waals surface area contributed by atoms with Crippen LogP contribution in [-0.4, -0.2) is 38.0 Å². The van der Waals surface area contributed by atoms with Crippen molar-refractivity contribution in [3.63, 3.8) is 0 Å². The molecule has 0 unspecified atom stereocenters. The minimum atomic E-state index is -0.691. The van der Waals surface area contributed by atoms with E-state index >= 15 is 0 Å². The number of fused-ring (bicyclic) bond motifs is 1. The Morgan fingerprint density at radius 2 is 2.05 bits per heavy atom. The van der Waals surface area contributed by atoms with Gasteiger partial charge in [0.05, 0.1) is 12.1 Å². The van der Waals surface area contributed by atoms with Gasteiger partial charge in [-0.05, 0) is 32.1 Å². The number of rotatable bonds is 4. The van der Waals surface area contributed by atoms with Crippen LogP contribution in [0.1, 0.15) is 50.2 Å². The first-order valence-corrected chi connectivity index (χ1v) is 7.81. The van der Waals surface area contributed by atoms with Crippen LogP contribution in [-0.2, 0) is 19.5 Å². The van der Waals surface area contributed by atoms with Crippen LogP contribution in [0.2, 0.25) is 0 Å². The number of aryl methyl sites for hydroxylation is 1. The van der Waals surface area contributed by atoms with Gasteiger partial charge in [-0.1, -0.05) is 6.42 Å². The third kappa shape index (κ3) is 3.34. The Labute approximate surface area is 124 Å². The van der Waals surface area contributed by atoms with E-state index in [1.165, 1.54) is 6.42 Å². The molecule has 0 atom stereocenters. The Balaban J connectivity index is 1.48. The molecule has 2 amide bonds. The summed E-state index contributed by atoms with van der Waals surface area (Å²) in [6.07, 6.45) is 7.05. The van der Waals surface area contributed by atoms with Crippen LogP contribution in [0.4, 0.5) is 4.79 Å². The Morgan fingerprint density at radius 1 is 1.19 bits per heavy atom. The number of nitrogens with zero attached hydrogens (tertiary/aromatic N) is 3. The Bertz CT molecular complexity index is 509. The molecule has 0 aromatic carbocycles. The second kappa shape index (κ2) is 6.01. The van der Waals surface area contributed by atoms with Gasteiger partial charge in [-0.3, -0.25) is 0 Å². The molecule has 1 saturated carbocycles. The summed E-state index contributed by atoms with van der Waals surface area (Å²) in [5.74, 6) is 1.83. The lowest BCUT2D eigenvalue weighted by atomic mass is 9.80. The quantitative estimate of drug-likeness (QED) is 0.762. The lowest BCUT2D eigenvalue weighted by molar-refractivity contribution is -0.0290. The lowest BCUT2D eigenvalue weighted by Gasteiger charge is -2.36. The first-order chi connectivity index (χ1) is 10.2. The number of aliphatic hydroxyl groups is 1. The zero-order valence-electron chi connectivity index (χ0n) is 12.3. The highest BCUT2D eigenvalue weighted by Crippen LogP contribution is 2.30. The summed E-state index contributed by atoms with van der Waals surface area (Å²) in [5, 5.41) is 23.8. The van der Waals surface area contributed by atoms with Gasteiger partial charge < -0.3 is 20.3 Å². The van der Waals surface area contributed by atoms with E-state index in [1.807, 2.05) is 0 Å². The van der Waals surface area contributed by atoms with Crippen molar-refractivity contribution in [1.29, 1.82) is 0 Å². The minimum absolute atomic E-state index is 0.263. The predicted octanol–water partition coefficient (Wildman–Crippen LogP) is 0.719. The van der Waals surface area contributed by atoms with E-state index in [0.29, 0.717) is 13.1 Å². The summed E-state index contributed by atoms with van der Waals surface area (Å²) in [4.78, 5) is 11.8. The third-order valence-electron chi connectivity index (χ3n) is 4.46. The van der Waals surface area contributed by atoms with Gasteiger partial charge in [-0.25, -0.2) is 4.79 Å². The number of amides is 2. The molecule has 2 aliphatic rings. The van der Waals surface area contributed by atoms with Gasteiger partial charge in [0, 0.05) is 19.5 Å². The highest BCUT2D eigenvalue weighted by molar-refractivity contribution is 5.73. The first kappa shape index (κ1) is 14.3. The summed E-state index contributed by atoms with van der Waals surface area (Å²) in [6, 6.07) is -0.263. The van der Waals surface area contributed by atoms with Crippen molar-refractivity contribution in [2.24, 2.45) is 0 Å². The largest absolute Gasteiger partial charge is 0.388 e. The van der Waals surface area contributed by atoms with Crippen molar-refractivity contribution in [3.8, 4) is 0 Å². The molecule has 1 aliphatic carbocycles. The van der Waals surface area contributed by atoms with E-state index in [0.717, 1.165) is 56.7 Å². The molecule has 7 nitrogen and oxygen atoms in total. The van der Waals surface area contributed by atoms with E-state index in [4.69, 9.17) is 0 Å². The van der Waals surface area contributed by atoms with Crippen molar-refractivity contribution in [2.75, 3.05) is 6.54 Å². The number of hydrogen-bond donors (Lipinski definition) is 3. The fourth-order valence-electron chi connectivity index (χ4n) is 2.90. The van der Waals surface area contributed by atoms with Crippen LogP contribution in [0.5, 0.6) is 0 Å². The zero-order valence-corrected chi connectivity index (χ0v) is 12.3. The van der Waals surface area contributed by atoms with Gasteiger partial charge >= 0.3 is 6.03 Å². The Morgan fingerprint density at radius 3 is 2.81 bits per heavy atom. The molecule has 0 spiro atoms. The van der Waals surface area contributed by atoms with E-state index in [-0.39, 0.29) is 6.03 Å². The maximum atomic E-state index is 11.8. The van der Waals surface area contributed by atoms with Crippen LogP contribution in [0.25, 0.3) is 0 Å². The molecule has 7 heteroatoms. The summed E-state index contributed by atoms with van der Waals surface area (Å²) in [7, 11) is 0.